The smallest absolute Gasteiger partial charge is 0.282 e. The van der Waals surface area contributed by atoms with E-state index in [-0.39, 0.29) is 23.1 Å². The second-order valence-corrected chi connectivity index (χ2v) is 11.7. The predicted molar refractivity (Wildman–Crippen MR) is 181 cm³/mol. The largest absolute Gasteiger partial charge is 0.496 e. The fourth-order valence-corrected chi connectivity index (χ4v) is 5.64. The van der Waals surface area contributed by atoms with Crippen LogP contribution in [-0.2, 0) is 6.61 Å². The van der Waals surface area contributed by atoms with Crippen molar-refractivity contribution in [1.29, 1.82) is 5.26 Å². The molecule has 0 bridgehead atoms. The molecule has 0 atom stereocenters. The molecule has 8 nitrogen and oxygen atoms in total. The molecule has 0 unspecified atom stereocenters. The molecule has 5 rings (SSSR count). The minimum Gasteiger partial charge on any atom is -0.496 e. The number of aryl methyl sites for hydroxylation is 1. The summed E-state index contributed by atoms with van der Waals surface area (Å²) in [6.45, 7) is 6.23. The second kappa shape index (κ2) is 13.6. The van der Waals surface area contributed by atoms with Gasteiger partial charge in [0, 0.05) is 21.2 Å². The number of aromatic nitrogens is 2. The quantitative estimate of drug-likeness (QED) is 0.145. The van der Waals surface area contributed by atoms with E-state index < -0.39 is 0 Å². The van der Waals surface area contributed by atoms with E-state index in [1.165, 1.54) is 18.0 Å². The summed E-state index contributed by atoms with van der Waals surface area (Å²) in [5, 5.41) is 14.8. The lowest BCUT2D eigenvalue weighted by atomic mass is 9.96. The number of para-hydroxylation sites is 1. The summed E-state index contributed by atoms with van der Waals surface area (Å²) < 4.78 is 19.1. The minimum absolute atomic E-state index is 0.112. The van der Waals surface area contributed by atoms with Crippen molar-refractivity contribution >= 4 is 44.6 Å². The maximum Gasteiger partial charge on any atom is 0.282 e. The van der Waals surface area contributed by atoms with Crippen molar-refractivity contribution in [1.82, 2.24) is 9.66 Å². The van der Waals surface area contributed by atoms with E-state index in [0.29, 0.717) is 49.4 Å². The Kier molecular flexibility index (Phi) is 9.57. The van der Waals surface area contributed by atoms with Crippen molar-refractivity contribution in [3.63, 3.8) is 0 Å². The average Bonchev–Trinajstić information content (AvgIpc) is 3.05. The van der Waals surface area contributed by atoms with Crippen LogP contribution in [0.4, 0.5) is 0 Å². The van der Waals surface area contributed by atoms with E-state index in [2.05, 4.69) is 40.9 Å². The normalized spacial score (nSPS) is 11.3. The first-order valence-corrected chi connectivity index (χ1v) is 15.3. The zero-order chi connectivity index (χ0) is 32.2. The van der Waals surface area contributed by atoms with Gasteiger partial charge in [-0.1, -0.05) is 55.8 Å². The van der Waals surface area contributed by atoms with Crippen molar-refractivity contribution in [2.45, 2.75) is 33.3 Å². The van der Waals surface area contributed by atoms with Crippen LogP contribution < -0.4 is 19.8 Å². The number of methoxy groups -OCH3 is 2. The Morgan fingerprint density at radius 2 is 1.78 bits per heavy atom. The third-order valence-corrected chi connectivity index (χ3v) is 8.83. The SMILES string of the molecule is COc1cc(C)c(-c2nc3ccccc3c(=O)n2N=Cc2cc(OC)c(OCc3ccccc3C#N)c(Cl)c2Br)cc1C(C)C. The van der Waals surface area contributed by atoms with Crippen molar-refractivity contribution in [2.24, 2.45) is 5.10 Å². The molecule has 1 heterocycles. The predicted octanol–water partition coefficient (Wildman–Crippen LogP) is 8.26. The van der Waals surface area contributed by atoms with Crippen LogP contribution >= 0.6 is 27.5 Å². The number of hydrogen-bond acceptors (Lipinski definition) is 7. The standard InChI is InChI=1S/C35H30BrClN4O4/c1-20(2)26-16-27(21(3)14-29(26)43-4)34-40-28-13-9-8-12-25(28)35(42)41(34)39-18-24-15-30(44-5)33(32(37)31(24)36)45-19-23-11-7-6-10-22(23)17-38/h6-16,18,20H,19H2,1-5H3. The molecule has 228 valence electrons. The van der Waals surface area contributed by atoms with E-state index in [1.807, 2.05) is 43.3 Å². The van der Waals surface area contributed by atoms with Gasteiger partial charge in [0.15, 0.2) is 17.3 Å². The Morgan fingerprint density at radius 1 is 1.07 bits per heavy atom. The molecule has 0 saturated carbocycles. The molecule has 0 radical (unpaired) electrons. The number of nitriles is 1. The molecule has 0 N–H and O–H groups in total. The number of benzene rings is 4. The van der Waals surface area contributed by atoms with Crippen LogP contribution in [0.3, 0.4) is 0 Å². The van der Waals surface area contributed by atoms with Gasteiger partial charge < -0.3 is 14.2 Å². The molecule has 0 saturated heterocycles. The van der Waals surface area contributed by atoms with Gasteiger partial charge in [-0.25, -0.2) is 4.98 Å². The van der Waals surface area contributed by atoms with Gasteiger partial charge in [0.2, 0.25) is 0 Å². The van der Waals surface area contributed by atoms with Gasteiger partial charge in [0.05, 0.1) is 43.0 Å². The van der Waals surface area contributed by atoms with Gasteiger partial charge in [-0.2, -0.15) is 15.0 Å². The Bertz CT molecular complexity index is 2050. The summed E-state index contributed by atoms with van der Waals surface area (Å²) in [6, 6.07) is 22.2. The minimum atomic E-state index is -0.321. The molecule has 0 aliphatic carbocycles. The fraction of sp³-hybridized carbons (Fsp3) is 0.200. The molecule has 0 spiro atoms. The Labute approximate surface area is 274 Å². The summed E-state index contributed by atoms with van der Waals surface area (Å²) in [5.74, 6) is 1.99. The van der Waals surface area contributed by atoms with Crippen LogP contribution in [0.2, 0.25) is 5.02 Å². The van der Waals surface area contributed by atoms with Gasteiger partial charge in [-0.05, 0) is 76.3 Å². The molecular formula is C35H30BrClN4O4. The van der Waals surface area contributed by atoms with E-state index in [9.17, 15) is 10.1 Å². The highest BCUT2D eigenvalue weighted by Gasteiger charge is 2.20. The van der Waals surface area contributed by atoms with Crippen LogP contribution in [-0.4, -0.2) is 30.1 Å². The number of rotatable bonds is 9. The van der Waals surface area contributed by atoms with Crippen molar-refractivity contribution in [2.75, 3.05) is 14.2 Å². The van der Waals surface area contributed by atoms with Gasteiger partial charge >= 0.3 is 0 Å². The van der Waals surface area contributed by atoms with Crippen LogP contribution in [0.1, 0.15) is 47.6 Å². The van der Waals surface area contributed by atoms with Gasteiger partial charge in [0.25, 0.3) is 5.56 Å². The molecule has 5 aromatic rings. The number of fused-ring (bicyclic) bond motifs is 1. The number of halogens is 2. The number of hydrogen-bond donors (Lipinski definition) is 0. The summed E-state index contributed by atoms with van der Waals surface area (Å²) in [5.41, 5.74) is 4.64. The lowest BCUT2D eigenvalue weighted by Gasteiger charge is -2.17. The van der Waals surface area contributed by atoms with Gasteiger partial charge in [-0.3, -0.25) is 4.79 Å². The first-order chi connectivity index (χ1) is 21.7. The first-order valence-electron chi connectivity index (χ1n) is 14.1. The Balaban J connectivity index is 1.62. The highest BCUT2D eigenvalue weighted by Crippen LogP contribution is 2.42. The molecule has 0 aliphatic rings. The van der Waals surface area contributed by atoms with Crippen LogP contribution in [0.5, 0.6) is 17.2 Å². The molecular weight excluding hydrogens is 656 g/mol. The topological polar surface area (TPSA) is 98.7 Å². The maximum atomic E-state index is 13.9. The zero-order valence-corrected chi connectivity index (χ0v) is 27.7. The number of ether oxygens (including phenoxy) is 3. The monoisotopic (exact) mass is 684 g/mol. The summed E-state index contributed by atoms with van der Waals surface area (Å²) in [7, 11) is 3.15. The van der Waals surface area contributed by atoms with Crippen molar-refractivity contribution in [3.8, 4) is 34.7 Å². The summed E-state index contributed by atoms with van der Waals surface area (Å²) >= 11 is 10.3. The zero-order valence-electron chi connectivity index (χ0n) is 25.4. The number of nitrogens with zero attached hydrogens (tertiary/aromatic N) is 4. The van der Waals surface area contributed by atoms with Crippen molar-refractivity contribution < 1.29 is 14.2 Å². The Morgan fingerprint density at radius 3 is 2.49 bits per heavy atom. The van der Waals surface area contributed by atoms with E-state index >= 15 is 0 Å². The first kappa shape index (κ1) is 31.8. The van der Waals surface area contributed by atoms with Gasteiger partial charge in [-0.15, -0.1) is 0 Å². The van der Waals surface area contributed by atoms with Crippen molar-refractivity contribution in [3.05, 3.63) is 114 Å². The summed E-state index contributed by atoms with van der Waals surface area (Å²) in [6.07, 6.45) is 1.52. The molecule has 4 aromatic carbocycles. The maximum absolute atomic E-state index is 13.9. The highest BCUT2D eigenvalue weighted by molar-refractivity contribution is 9.10. The van der Waals surface area contributed by atoms with Crippen LogP contribution in [0.15, 0.2) is 81.1 Å². The molecule has 0 fully saturated rings. The Hall–Kier alpha value is -4.65. The fourth-order valence-electron chi connectivity index (χ4n) is 4.98. The average molecular weight is 686 g/mol. The molecule has 0 amide bonds. The molecule has 10 heteroatoms. The third-order valence-electron chi connectivity index (χ3n) is 7.39. The lowest BCUT2D eigenvalue weighted by molar-refractivity contribution is 0.284. The molecule has 1 aromatic heterocycles. The van der Waals surface area contributed by atoms with E-state index in [0.717, 1.165) is 22.4 Å². The van der Waals surface area contributed by atoms with E-state index in [1.54, 1.807) is 37.4 Å². The van der Waals surface area contributed by atoms with Gasteiger partial charge in [0.1, 0.15) is 17.4 Å². The van der Waals surface area contributed by atoms with E-state index in [4.69, 9.17) is 30.8 Å². The molecule has 0 aliphatic heterocycles. The van der Waals surface area contributed by atoms with Crippen LogP contribution in [0.25, 0.3) is 22.3 Å². The molecule has 45 heavy (non-hydrogen) atoms. The third kappa shape index (κ3) is 6.30. The second-order valence-electron chi connectivity index (χ2n) is 10.6. The van der Waals surface area contributed by atoms with Crippen LogP contribution in [0, 0.1) is 18.3 Å². The highest BCUT2D eigenvalue weighted by atomic mass is 79.9. The lowest BCUT2D eigenvalue weighted by Crippen LogP contribution is -2.21. The summed E-state index contributed by atoms with van der Waals surface area (Å²) in [4.78, 5) is 18.8.